The summed E-state index contributed by atoms with van der Waals surface area (Å²) in [5.41, 5.74) is 0.511. The summed E-state index contributed by atoms with van der Waals surface area (Å²) in [5.74, 6) is -0.543. The van der Waals surface area contributed by atoms with Crippen LogP contribution < -0.4 is 14.8 Å². The largest absolute Gasteiger partial charge is 0.493 e. The molecule has 0 aromatic heterocycles. The molecule has 12 heteroatoms. The number of nitrogens with zero attached hydrogens (tertiary/aromatic N) is 1. The molecule has 0 spiro atoms. The van der Waals surface area contributed by atoms with E-state index in [1.165, 1.54) is 19.3 Å². The van der Waals surface area contributed by atoms with Gasteiger partial charge in [0, 0.05) is 5.69 Å². The van der Waals surface area contributed by atoms with E-state index in [1.807, 2.05) is 30.3 Å². The molecule has 202 valence electrons. The molecule has 1 N–H and O–H groups in total. The van der Waals surface area contributed by atoms with Gasteiger partial charge in [-0.1, -0.05) is 36.4 Å². The summed E-state index contributed by atoms with van der Waals surface area (Å²) in [4.78, 5) is 38.6. The van der Waals surface area contributed by atoms with Gasteiger partial charge in [-0.2, -0.15) is 13.2 Å². The highest BCUT2D eigenvalue weighted by Gasteiger charge is 2.36. The fraction of sp³-hybridized carbons (Fsp3) is 0.148. The Morgan fingerprint density at radius 1 is 1.08 bits per heavy atom. The number of amides is 3. The monoisotopic (exact) mass is 668 g/mol. The maximum Gasteiger partial charge on any atom is 0.416 e. The van der Waals surface area contributed by atoms with Crippen LogP contribution in [0.1, 0.15) is 16.7 Å². The predicted molar refractivity (Wildman–Crippen MR) is 149 cm³/mol. The summed E-state index contributed by atoms with van der Waals surface area (Å²) in [7, 11) is 1.49. The molecule has 0 saturated carbocycles. The first-order valence-electron chi connectivity index (χ1n) is 11.3. The van der Waals surface area contributed by atoms with Crippen LogP contribution in [0.5, 0.6) is 11.5 Å². The lowest BCUT2D eigenvalue weighted by Crippen LogP contribution is -2.36. The van der Waals surface area contributed by atoms with E-state index in [4.69, 9.17) is 9.47 Å². The predicted octanol–water partition coefficient (Wildman–Crippen LogP) is 6.57. The third-order valence-corrected chi connectivity index (χ3v) is 7.13. The quantitative estimate of drug-likeness (QED) is 0.216. The molecule has 7 nitrogen and oxygen atoms in total. The van der Waals surface area contributed by atoms with E-state index >= 15 is 0 Å². The minimum Gasteiger partial charge on any atom is -0.493 e. The van der Waals surface area contributed by atoms with Gasteiger partial charge in [0.25, 0.3) is 11.1 Å². The molecular formula is C27H20F3IN2O5S. The van der Waals surface area contributed by atoms with Gasteiger partial charge in [0.2, 0.25) is 5.91 Å². The number of ether oxygens (including phenoxy) is 2. The van der Waals surface area contributed by atoms with E-state index in [-0.39, 0.29) is 10.6 Å². The number of imide groups is 1. The standard InChI is InChI=1S/C27H20F3IN2O5S/c1-37-21-11-17(10-20(31)24(21)38-15-16-6-3-2-4-7-16)12-22-25(35)33(26(36)39-22)14-23(34)32-19-9-5-8-18(13-19)27(28,29)30/h2-13H,14-15H2,1H3,(H,32,34)/b22-12-. The van der Waals surface area contributed by atoms with Crippen molar-refractivity contribution in [3.63, 3.8) is 0 Å². The normalized spacial score (nSPS) is 14.6. The average molecular weight is 668 g/mol. The number of hydrogen-bond acceptors (Lipinski definition) is 6. The zero-order chi connectivity index (χ0) is 28.2. The lowest BCUT2D eigenvalue weighted by Gasteiger charge is -2.14. The Morgan fingerprint density at radius 2 is 1.82 bits per heavy atom. The molecule has 1 heterocycles. The zero-order valence-corrected chi connectivity index (χ0v) is 23.2. The van der Waals surface area contributed by atoms with Gasteiger partial charge in [0.05, 0.1) is 21.1 Å². The molecule has 1 aliphatic heterocycles. The summed E-state index contributed by atoms with van der Waals surface area (Å²) >= 11 is 2.74. The van der Waals surface area contributed by atoms with Crippen LogP contribution in [0.15, 0.2) is 71.6 Å². The van der Waals surface area contributed by atoms with Gasteiger partial charge < -0.3 is 14.8 Å². The van der Waals surface area contributed by atoms with E-state index in [0.29, 0.717) is 39.0 Å². The van der Waals surface area contributed by atoms with E-state index in [1.54, 1.807) is 12.1 Å². The molecule has 0 unspecified atom stereocenters. The van der Waals surface area contributed by atoms with Gasteiger partial charge in [0.15, 0.2) is 11.5 Å². The number of carbonyl (C=O) groups excluding carboxylic acids is 3. The number of carbonyl (C=O) groups is 3. The van der Waals surface area contributed by atoms with Crippen molar-refractivity contribution >= 4 is 63.2 Å². The molecule has 0 aliphatic carbocycles. The molecule has 0 bridgehead atoms. The molecule has 1 aliphatic rings. The minimum absolute atomic E-state index is 0.0858. The van der Waals surface area contributed by atoms with Crippen molar-refractivity contribution in [1.82, 2.24) is 4.90 Å². The number of anilines is 1. The maximum absolute atomic E-state index is 12.9. The van der Waals surface area contributed by atoms with Gasteiger partial charge in [-0.15, -0.1) is 0 Å². The number of hydrogen-bond donors (Lipinski definition) is 1. The fourth-order valence-corrected chi connectivity index (χ4v) is 5.22. The summed E-state index contributed by atoms with van der Waals surface area (Å²) in [5, 5.41) is 1.62. The molecule has 39 heavy (non-hydrogen) atoms. The maximum atomic E-state index is 12.9. The Kier molecular flexibility index (Phi) is 8.85. The van der Waals surface area contributed by atoms with E-state index in [2.05, 4.69) is 27.9 Å². The fourth-order valence-electron chi connectivity index (χ4n) is 3.60. The van der Waals surface area contributed by atoms with Gasteiger partial charge >= 0.3 is 6.18 Å². The second kappa shape index (κ2) is 12.1. The SMILES string of the molecule is COc1cc(/C=C2\SC(=O)N(CC(=O)Nc3cccc(C(F)(F)F)c3)C2=O)cc(I)c1OCc1ccccc1. The highest BCUT2D eigenvalue weighted by Crippen LogP contribution is 2.38. The Balaban J connectivity index is 1.45. The molecule has 0 atom stereocenters. The molecular weight excluding hydrogens is 648 g/mol. The van der Waals surface area contributed by atoms with Gasteiger partial charge in [0.1, 0.15) is 13.2 Å². The highest BCUT2D eigenvalue weighted by molar-refractivity contribution is 14.1. The van der Waals surface area contributed by atoms with Gasteiger partial charge in [-0.25, -0.2) is 0 Å². The van der Waals surface area contributed by atoms with Crippen LogP contribution in [0.25, 0.3) is 6.08 Å². The first kappa shape index (κ1) is 28.5. The second-order valence-electron chi connectivity index (χ2n) is 8.20. The molecule has 4 rings (SSSR count). The summed E-state index contributed by atoms with van der Waals surface area (Å²) in [6.07, 6.45) is -3.08. The lowest BCUT2D eigenvalue weighted by molar-refractivity contribution is -0.137. The Bertz CT molecular complexity index is 1450. The van der Waals surface area contributed by atoms with E-state index < -0.39 is 35.3 Å². The summed E-state index contributed by atoms with van der Waals surface area (Å²) in [6.45, 7) is -0.320. The van der Waals surface area contributed by atoms with Gasteiger partial charge in [-0.05, 0) is 81.9 Å². The van der Waals surface area contributed by atoms with Crippen molar-refractivity contribution in [3.05, 3.63) is 91.9 Å². The van der Waals surface area contributed by atoms with Crippen molar-refractivity contribution in [2.24, 2.45) is 0 Å². The van der Waals surface area contributed by atoms with Crippen LogP contribution in [0.2, 0.25) is 0 Å². The van der Waals surface area contributed by atoms with Crippen molar-refractivity contribution in [2.75, 3.05) is 19.0 Å². The van der Waals surface area contributed by atoms with Gasteiger partial charge in [-0.3, -0.25) is 19.3 Å². The Hall–Kier alpha value is -3.52. The molecule has 3 aromatic carbocycles. The number of rotatable bonds is 8. The number of benzene rings is 3. The van der Waals surface area contributed by atoms with Crippen molar-refractivity contribution in [1.29, 1.82) is 0 Å². The number of thioether (sulfide) groups is 1. The molecule has 3 amide bonds. The number of halogens is 4. The topological polar surface area (TPSA) is 84.9 Å². The van der Waals surface area contributed by atoms with E-state index in [9.17, 15) is 27.6 Å². The Morgan fingerprint density at radius 3 is 2.51 bits per heavy atom. The van der Waals surface area contributed by atoms with Crippen LogP contribution in [-0.4, -0.2) is 35.6 Å². The van der Waals surface area contributed by atoms with Crippen molar-refractivity contribution in [2.45, 2.75) is 12.8 Å². The second-order valence-corrected chi connectivity index (χ2v) is 10.4. The number of nitrogens with one attached hydrogen (secondary N) is 1. The number of alkyl halides is 3. The number of methoxy groups -OCH3 is 1. The van der Waals surface area contributed by atoms with Crippen molar-refractivity contribution in [3.8, 4) is 11.5 Å². The molecule has 0 radical (unpaired) electrons. The molecule has 1 saturated heterocycles. The van der Waals surface area contributed by atoms with Crippen molar-refractivity contribution < 1.29 is 37.0 Å². The lowest BCUT2D eigenvalue weighted by atomic mass is 10.1. The third kappa shape index (κ3) is 7.12. The summed E-state index contributed by atoms with van der Waals surface area (Å²) < 4.78 is 50.9. The zero-order valence-electron chi connectivity index (χ0n) is 20.3. The third-order valence-electron chi connectivity index (χ3n) is 5.42. The smallest absolute Gasteiger partial charge is 0.416 e. The first-order chi connectivity index (χ1) is 18.5. The first-order valence-corrected chi connectivity index (χ1v) is 13.2. The van der Waals surface area contributed by atoms with Crippen LogP contribution in [-0.2, 0) is 22.4 Å². The van der Waals surface area contributed by atoms with Crippen LogP contribution >= 0.6 is 34.4 Å². The van der Waals surface area contributed by atoms with Crippen LogP contribution in [0.3, 0.4) is 0 Å². The highest BCUT2D eigenvalue weighted by atomic mass is 127. The van der Waals surface area contributed by atoms with Crippen LogP contribution in [0, 0.1) is 3.57 Å². The Labute approximate surface area is 239 Å². The van der Waals surface area contributed by atoms with Crippen LogP contribution in [0.4, 0.5) is 23.7 Å². The summed E-state index contributed by atoms with van der Waals surface area (Å²) in [6, 6.07) is 17.1. The molecule has 3 aromatic rings. The average Bonchev–Trinajstić information content (AvgIpc) is 3.15. The minimum atomic E-state index is -4.58. The molecule has 1 fully saturated rings. The van der Waals surface area contributed by atoms with E-state index in [0.717, 1.165) is 28.7 Å².